The van der Waals surface area contributed by atoms with E-state index in [9.17, 15) is 15.8 Å². The average molecular weight is 382 g/mol. The molecule has 4 nitrogen and oxygen atoms in total. The van der Waals surface area contributed by atoms with Crippen LogP contribution >= 0.6 is 11.3 Å². The summed E-state index contributed by atoms with van der Waals surface area (Å²) in [7, 11) is 0. The summed E-state index contributed by atoms with van der Waals surface area (Å²) >= 11 is 1.52. The molecule has 136 valence electrons. The van der Waals surface area contributed by atoms with Gasteiger partial charge in [0, 0.05) is 10.8 Å². The molecule has 4 atom stereocenters. The standard InChI is InChI=1S/C23H18N4S/c24-12-19-17-9-8-16(15-5-2-1-3-6-15)11-18(17)21(20-7-4-10-28-20)23(13-25,14-26)22(19)27/h1-7,9-10,16,18-19,21,27H,8,11H2/t16-,18+,19?,21-/m1/s1. The molecule has 1 N–H and O–H groups in total. The minimum absolute atomic E-state index is 0.0703. The summed E-state index contributed by atoms with van der Waals surface area (Å²) in [6.07, 6.45) is 3.67. The quantitative estimate of drug-likeness (QED) is 0.727. The normalized spacial score (nSPS) is 28.2. The molecule has 1 saturated carbocycles. The Bertz CT molecular complexity index is 1030. The number of hydrogen-bond acceptors (Lipinski definition) is 5. The summed E-state index contributed by atoms with van der Waals surface area (Å²) < 4.78 is 0. The molecule has 0 bridgehead atoms. The number of rotatable bonds is 2. The third-order valence-electron chi connectivity index (χ3n) is 6.12. The Morgan fingerprint density at radius 3 is 2.39 bits per heavy atom. The molecular formula is C23H18N4S. The van der Waals surface area contributed by atoms with Crippen molar-refractivity contribution in [1.29, 1.82) is 21.2 Å². The van der Waals surface area contributed by atoms with Crippen molar-refractivity contribution in [2.75, 3.05) is 0 Å². The number of benzene rings is 1. The van der Waals surface area contributed by atoms with E-state index >= 15 is 0 Å². The molecule has 5 heteroatoms. The van der Waals surface area contributed by atoms with E-state index in [0.29, 0.717) is 0 Å². The van der Waals surface area contributed by atoms with Crippen LogP contribution in [-0.2, 0) is 0 Å². The highest BCUT2D eigenvalue weighted by molar-refractivity contribution is 7.10. The van der Waals surface area contributed by atoms with Gasteiger partial charge in [0.1, 0.15) is 5.92 Å². The fourth-order valence-electron chi connectivity index (χ4n) is 4.79. The molecule has 1 unspecified atom stereocenters. The highest BCUT2D eigenvalue weighted by atomic mass is 32.1. The third-order valence-corrected chi connectivity index (χ3v) is 7.08. The molecule has 2 aromatic rings. The van der Waals surface area contributed by atoms with Crippen molar-refractivity contribution in [3.05, 3.63) is 69.9 Å². The van der Waals surface area contributed by atoms with Crippen LogP contribution in [0.3, 0.4) is 0 Å². The predicted molar refractivity (Wildman–Crippen MR) is 108 cm³/mol. The van der Waals surface area contributed by atoms with Crippen molar-refractivity contribution < 1.29 is 0 Å². The van der Waals surface area contributed by atoms with Gasteiger partial charge >= 0.3 is 0 Å². The summed E-state index contributed by atoms with van der Waals surface area (Å²) in [5, 5.41) is 40.4. The van der Waals surface area contributed by atoms with Crippen LogP contribution in [0.1, 0.15) is 35.1 Å². The van der Waals surface area contributed by atoms with Crippen LogP contribution in [-0.4, -0.2) is 5.71 Å². The van der Waals surface area contributed by atoms with Crippen molar-refractivity contribution in [2.24, 2.45) is 17.3 Å². The summed E-state index contributed by atoms with van der Waals surface area (Å²) in [5.41, 5.74) is 0.473. The maximum Gasteiger partial charge on any atom is 0.190 e. The average Bonchev–Trinajstić information content (AvgIpc) is 3.27. The maximum atomic E-state index is 10.0. The van der Waals surface area contributed by atoms with E-state index in [2.05, 4.69) is 36.4 Å². The van der Waals surface area contributed by atoms with E-state index in [4.69, 9.17) is 5.41 Å². The molecule has 1 heterocycles. The van der Waals surface area contributed by atoms with E-state index < -0.39 is 17.3 Å². The summed E-state index contributed by atoms with van der Waals surface area (Å²) in [4.78, 5) is 0.939. The van der Waals surface area contributed by atoms with Gasteiger partial charge in [0.15, 0.2) is 5.41 Å². The molecule has 0 radical (unpaired) electrons. The second-order valence-electron chi connectivity index (χ2n) is 7.39. The molecule has 4 rings (SSSR count). The smallest absolute Gasteiger partial charge is 0.190 e. The highest BCUT2D eigenvalue weighted by Crippen LogP contribution is 2.57. The van der Waals surface area contributed by atoms with Gasteiger partial charge in [-0.3, -0.25) is 0 Å². The third kappa shape index (κ3) is 2.58. The summed E-state index contributed by atoms with van der Waals surface area (Å²) in [5.74, 6) is -1.04. The molecule has 0 amide bonds. The molecule has 0 spiro atoms. The first-order valence-electron chi connectivity index (χ1n) is 9.25. The zero-order chi connectivity index (χ0) is 19.7. The van der Waals surface area contributed by atoms with Crippen molar-refractivity contribution in [3.8, 4) is 18.2 Å². The van der Waals surface area contributed by atoms with Crippen molar-refractivity contribution in [3.63, 3.8) is 0 Å². The molecule has 1 aromatic heterocycles. The lowest BCUT2D eigenvalue weighted by Crippen LogP contribution is -2.49. The number of thiophene rings is 1. The van der Waals surface area contributed by atoms with E-state index in [-0.39, 0.29) is 17.5 Å². The van der Waals surface area contributed by atoms with Gasteiger partial charge in [-0.15, -0.1) is 11.3 Å². The van der Waals surface area contributed by atoms with Crippen molar-refractivity contribution >= 4 is 17.0 Å². The van der Waals surface area contributed by atoms with Gasteiger partial charge in [-0.05, 0) is 47.3 Å². The van der Waals surface area contributed by atoms with Crippen LogP contribution in [0.4, 0.5) is 0 Å². The lowest BCUT2D eigenvalue weighted by molar-refractivity contribution is 0.307. The Balaban J connectivity index is 1.87. The topological polar surface area (TPSA) is 95.2 Å². The number of nitrogens with one attached hydrogen (secondary N) is 1. The van der Waals surface area contributed by atoms with Crippen LogP contribution in [0.2, 0.25) is 0 Å². The molecular weight excluding hydrogens is 364 g/mol. The lowest BCUT2D eigenvalue weighted by atomic mass is 9.53. The number of fused-ring (bicyclic) bond motifs is 1. The van der Waals surface area contributed by atoms with Crippen LogP contribution < -0.4 is 0 Å². The van der Waals surface area contributed by atoms with E-state index in [1.165, 1.54) is 16.9 Å². The van der Waals surface area contributed by atoms with Crippen LogP contribution in [0.25, 0.3) is 0 Å². The fraction of sp³-hybridized carbons (Fsp3) is 0.304. The second-order valence-corrected chi connectivity index (χ2v) is 8.37. The van der Waals surface area contributed by atoms with Gasteiger partial charge in [-0.2, -0.15) is 15.8 Å². The lowest BCUT2D eigenvalue weighted by Gasteiger charge is -2.46. The van der Waals surface area contributed by atoms with E-state index in [1.54, 1.807) is 0 Å². The molecule has 2 aliphatic rings. The van der Waals surface area contributed by atoms with Crippen LogP contribution in [0, 0.1) is 56.7 Å². The summed E-state index contributed by atoms with van der Waals surface area (Å²) in [6.45, 7) is 0. The van der Waals surface area contributed by atoms with Gasteiger partial charge < -0.3 is 5.41 Å². The van der Waals surface area contributed by atoms with E-state index in [1.807, 2.05) is 35.7 Å². The Morgan fingerprint density at radius 1 is 1.04 bits per heavy atom. The fourth-order valence-corrected chi connectivity index (χ4v) is 5.75. The Hall–Kier alpha value is -3.20. The van der Waals surface area contributed by atoms with Crippen molar-refractivity contribution in [1.82, 2.24) is 0 Å². The second kappa shape index (κ2) is 7.08. The first kappa shape index (κ1) is 18.2. The van der Waals surface area contributed by atoms with Crippen molar-refractivity contribution in [2.45, 2.75) is 24.7 Å². The van der Waals surface area contributed by atoms with Gasteiger partial charge in [0.2, 0.25) is 0 Å². The first-order chi connectivity index (χ1) is 13.7. The summed E-state index contributed by atoms with van der Waals surface area (Å²) in [6, 6.07) is 20.6. The van der Waals surface area contributed by atoms with Gasteiger partial charge in [-0.1, -0.05) is 42.5 Å². The van der Waals surface area contributed by atoms with Gasteiger partial charge in [0.25, 0.3) is 0 Å². The zero-order valence-electron chi connectivity index (χ0n) is 15.2. The monoisotopic (exact) mass is 382 g/mol. The molecule has 28 heavy (non-hydrogen) atoms. The zero-order valence-corrected chi connectivity index (χ0v) is 16.0. The van der Waals surface area contributed by atoms with E-state index in [0.717, 1.165) is 23.3 Å². The van der Waals surface area contributed by atoms with Crippen LogP contribution in [0.15, 0.2) is 59.5 Å². The Labute approximate surface area is 168 Å². The Kier molecular flexibility index (Phi) is 4.60. The molecule has 1 aromatic carbocycles. The van der Waals surface area contributed by atoms with Crippen LogP contribution in [0.5, 0.6) is 0 Å². The molecule has 1 fully saturated rings. The number of nitrogens with zero attached hydrogens (tertiary/aromatic N) is 3. The minimum Gasteiger partial charge on any atom is -0.305 e. The number of nitriles is 3. The van der Waals surface area contributed by atoms with Gasteiger partial charge in [-0.25, -0.2) is 0 Å². The SMILES string of the molecule is N#CC1C(=N)C(C#N)(C#N)[C@@H](c2cccs2)[C@H]2C[C@H](c3ccccc3)CC=C12. The molecule has 2 aliphatic carbocycles. The highest BCUT2D eigenvalue weighted by Gasteiger charge is 2.58. The first-order valence-corrected chi connectivity index (χ1v) is 10.1. The Morgan fingerprint density at radius 2 is 1.79 bits per heavy atom. The van der Waals surface area contributed by atoms with Gasteiger partial charge in [0.05, 0.1) is 23.9 Å². The maximum absolute atomic E-state index is 10.0. The number of hydrogen-bond donors (Lipinski definition) is 1. The minimum atomic E-state index is -1.61. The number of allylic oxidation sites excluding steroid dienone is 2. The predicted octanol–water partition coefficient (Wildman–Crippen LogP) is 5.16. The molecule has 0 saturated heterocycles. The largest absolute Gasteiger partial charge is 0.305 e. The molecule has 0 aliphatic heterocycles.